The van der Waals surface area contributed by atoms with E-state index < -0.39 is 0 Å². The minimum absolute atomic E-state index is 0.0653. The Kier molecular flexibility index (Phi) is 6.73. The predicted molar refractivity (Wildman–Crippen MR) is 78.9 cm³/mol. The monoisotopic (exact) mass is 277 g/mol. The van der Waals surface area contributed by atoms with Crippen molar-refractivity contribution in [2.45, 2.75) is 38.8 Å². The molecule has 2 atom stereocenters. The molecule has 2 amide bonds. The summed E-state index contributed by atoms with van der Waals surface area (Å²) < 4.78 is 0. The first kappa shape index (κ1) is 16.2. The molecule has 0 radical (unpaired) electrons. The third-order valence-electron chi connectivity index (χ3n) is 2.89. The SMILES string of the molecule is CC(=O)NC(CC(=O)NCCC(C)N)c1ccccc1. The number of amides is 2. The van der Waals surface area contributed by atoms with E-state index in [-0.39, 0.29) is 30.3 Å². The van der Waals surface area contributed by atoms with E-state index in [1.165, 1.54) is 6.92 Å². The average molecular weight is 277 g/mol. The maximum Gasteiger partial charge on any atom is 0.222 e. The summed E-state index contributed by atoms with van der Waals surface area (Å²) in [6.45, 7) is 3.90. The minimum atomic E-state index is -0.302. The lowest BCUT2D eigenvalue weighted by atomic mass is 10.0. The molecule has 110 valence electrons. The molecular formula is C15H23N3O2. The summed E-state index contributed by atoms with van der Waals surface area (Å²) in [4.78, 5) is 23.1. The number of rotatable bonds is 7. The van der Waals surface area contributed by atoms with Crippen LogP contribution in [-0.4, -0.2) is 24.4 Å². The maximum absolute atomic E-state index is 11.9. The molecule has 1 rings (SSSR count). The van der Waals surface area contributed by atoms with Gasteiger partial charge in [-0.1, -0.05) is 30.3 Å². The molecule has 0 fully saturated rings. The van der Waals surface area contributed by atoms with Crippen LogP contribution in [0.25, 0.3) is 0 Å². The van der Waals surface area contributed by atoms with Crippen LogP contribution in [0.3, 0.4) is 0 Å². The highest BCUT2D eigenvalue weighted by Crippen LogP contribution is 2.16. The Hall–Kier alpha value is -1.88. The Morgan fingerprint density at radius 2 is 1.90 bits per heavy atom. The summed E-state index contributed by atoms with van der Waals surface area (Å²) in [5.74, 6) is -0.240. The van der Waals surface area contributed by atoms with Gasteiger partial charge in [-0.2, -0.15) is 0 Å². The van der Waals surface area contributed by atoms with Crippen molar-refractivity contribution in [3.63, 3.8) is 0 Å². The molecule has 1 aromatic carbocycles. The molecule has 0 spiro atoms. The van der Waals surface area contributed by atoms with Crippen LogP contribution in [0.2, 0.25) is 0 Å². The zero-order valence-corrected chi connectivity index (χ0v) is 12.1. The Bertz CT molecular complexity index is 432. The summed E-state index contributed by atoms with van der Waals surface area (Å²) >= 11 is 0. The molecule has 0 aliphatic rings. The first-order valence-electron chi connectivity index (χ1n) is 6.83. The van der Waals surface area contributed by atoms with Gasteiger partial charge in [0.2, 0.25) is 11.8 Å². The van der Waals surface area contributed by atoms with Gasteiger partial charge in [-0.05, 0) is 18.9 Å². The first-order valence-corrected chi connectivity index (χ1v) is 6.83. The third-order valence-corrected chi connectivity index (χ3v) is 2.89. The van der Waals surface area contributed by atoms with Gasteiger partial charge in [0.1, 0.15) is 0 Å². The molecule has 20 heavy (non-hydrogen) atoms. The second-order valence-corrected chi connectivity index (χ2v) is 4.98. The lowest BCUT2D eigenvalue weighted by molar-refractivity contribution is -0.122. The molecule has 1 aromatic rings. The molecule has 5 nitrogen and oxygen atoms in total. The summed E-state index contributed by atoms with van der Waals surface area (Å²) in [7, 11) is 0. The third kappa shape index (κ3) is 6.33. The van der Waals surface area contributed by atoms with Crippen LogP contribution in [0.15, 0.2) is 30.3 Å². The van der Waals surface area contributed by atoms with E-state index in [9.17, 15) is 9.59 Å². The molecular weight excluding hydrogens is 254 g/mol. The van der Waals surface area contributed by atoms with E-state index in [2.05, 4.69) is 10.6 Å². The molecule has 4 N–H and O–H groups in total. The lowest BCUT2D eigenvalue weighted by Crippen LogP contribution is -2.34. The van der Waals surface area contributed by atoms with Crippen molar-refractivity contribution in [1.82, 2.24) is 10.6 Å². The summed E-state index contributed by atoms with van der Waals surface area (Å²) in [5, 5.41) is 5.62. The van der Waals surface area contributed by atoms with Gasteiger partial charge in [-0.15, -0.1) is 0 Å². The number of hydrogen-bond donors (Lipinski definition) is 3. The molecule has 0 aromatic heterocycles. The van der Waals surface area contributed by atoms with Crippen LogP contribution >= 0.6 is 0 Å². The van der Waals surface area contributed by atoms with Crippen LogP contribution in [0.4, 0.5) is 0 Å². The largest absolute Gasteiger partial charge is 0.356 e. The van der Waals surface area contributed by atoms with Gasteiger partial charge < -0.3 is 16.4 Å². The molecule has 0 bridgehead atoms. The van der Waals surface area contributed by atoms with E-state index in [1.807, 2.05) is 37.3 Å². The molecule has 2 unspecified atom stereocenters. The van der Waals surface area contributed by atoms with Crippen molar-refractivity contribution < 1.29 is 9.59 Å². The quantitative estimate of drug-likeness (QED) is 0.698. The first-order chi connectivity index (χ1) is 9.49. The van der Waals surface area contributed by atoms with Gasteiger partial charge in [0.25, 0.3) is 0 Å². The summed E-state index contributed by atoms with van der Waals surface area (Å²) in [5.41, 5.74) is 6.55. The molecule has 0 aliphatic heterocycles. The molecule has 0 saturated carbocycles. The molecule has 5 heteroatoms. The second-order valence-electron chi connectivity index (χ2n) is 4.98. The van der Waals surface area contributed by atoms with Crippen molar-refractivity contribution in [3.8, 4) is 0 Å². The van der Waals surface area contributed by atoms with Gasteiger partial charge in [0.05, 0.1) is 12.5 Å². The standard InChI is InChI=1S/C15H23N3O2/c1-11(16)8-9-17-15(20)10-14(18-12(2)19)13-6-4-3-5-7-13/h3-7,11,14H,8-10,16H2,1-2H3,(H,17,20)(H,18,19). The zero-order valence-electron chi connectivity index (χ0n) is 12.1. The van der Waals surface area contributed by atoms with E-state index >= 15 is 0 Å². The predicted octanol–water partition coefficient (Wildman–Crippen LogP) is 1.11. The molecule has 0 heterocycles. The normalized spacial score (nSPS) is 13.3. The van der Waals surface area contributed by atoms with E-state index in [1.54, 1.807) is 0 Å². The fourth-order valence-corrected chi connectivity index (χ4v) is 1.88. The number of nitrogens with one attached hydrogen (secondary N) is 2. The van der Waals surface area contributed by atoms with Crippen LogP contribution < -0.4 is 16.4 Å². The highest BCUT2D eigenvalue weighted by molar-refractivity contribution is 5.79. The van der Waals surface area contributed by atoms with Gasteiger partial charge in [-0.3, -0.25) is 9.59 Å². The van der Waals surface area contributed by atoms with Gasteiger partial charge in [0, 0.05) is 19.5 Å². The number of hydrogen-bond acceptors (Lipinski definition) is 3. The molecule has 0 aliphatic carbocycles. The van der Waals surface area contributed by atoms with Gasteiger partial charge >= 0.3 is 0 Å². The van der Waals surface area contributed by atoms with Crippen LogP contribution in [0.5, 0.6) is 0 Å². The van der Waals surface area contributed by atoms with Crippen molar-refractivity contribution >= 4 is 11.8 Å². The Morgan fingerprint density at radius 1 is 1.25 bits per heavy atom. The van der Waals surface area contributed by atoms with Crippen LogP contribution in [-0.2, 0) is 9.59 Å². The Labute approximate surface area is 119 Å². The smallest absolute Gasteiger partial charge is 0.222 e. The number of benzene rings is 1. The lowest BCUT2D eigenvalue weighted by Gasteiger charge is -2.18. The number of carbonyl (C=O) groups is 2. The molecule has 0 saturated heterocycles. The van der Waals surface area contributed by atoms with E-state index in [0.717, 1.165) is 12.0 Å². The van der Waals surface area contributed by atoms with Crippen LogP contribution in [0.1, 0.15) is 38.3 Å². The topological polar surface area (TPSA) is 84.2 Å². The highest BCUT2D eigenvalue weighted by atomic mass is 16.2. The fourth-order valence-electron chi connectivity index (χ4n) is 1.88. The summed E-state index contributed by atoms with van der Waals surface area (Å²) in [6.07, 6.45) is 0.963. The maximum atomic E-state index is 11.9. The van der Waals surface area contributed by atoms with Crippen molar-refractivity contribution in [2.24, 2.45) is 5.73 Å². The summed E-state index contributed by atoms with van der Waals surface area (Å²) in [6, 6.07) is 9.23. The zero-order chi connectivity index (χ0) is 15.0. The average Bonchev–Trinajstić information content (AvgIpc) is 2.38. The number of carbonyl (C=O) groups excluding carboxylic acids is 2. The minimum Gasteiger partial charge on any atom is -0.356 e. The van der Waals surface area contributed by atoms with Gasteiger partial charge in [-0.25, -0.2) is 0 Å². The van der Waals surface area contributed by atoms with E-state index in [0.29, 0.717) is 6.54 Å². The van der Waals surface area contributed by atoms with Crippen molar-refractivity contribution in [1.29, 1.82) is 0 Å². The Balaban J connectivity index is 2.57. The number of nitrogens with two attached hydrogens (primary N) is 1. The van der Waals surface area contributed by atoms with Crippen molar-refractivity contribution in [3.05, 3.63) is 35.9 Å². The fraction of sp³-hybridized carbons (Fsp3) is 0.467. The van der Waals surface area contributed by atoms with E-state index in [4.69, 9.17) is 5.73 Å². The van der Waals surface area contributed by atoms with Crippen LogP contribution in [0, 0.1) is 0 Å². The second kappa shape index (κ2) is 8.32. The Morgan fingerprint density at radius 3 is 2.45 bits per heavy atom. The highest BCUT2D eigenvalue weighted by Gasteiger charge is 2.16. The van der Waals surface area contributed by atoms with Crippen molar-refractivity contribution in [2.75, 3.05) is 6.54 Å². The van der Waals surface area contributed by atoms with Gasteiger partial charge in [0.15, 0.2) is 0 Å².